The van der Waals surface area contributed by atoms with Gasteiger partial charge in [0, 0.05) is 45.0 Å². The van der Waals surface area contributed by atoms with Crippen molar-refractivity contribution in [2.24, 2.45) is 0 Å². The number of carbonyl (C=O) groups excluding carboxylic acids is 6. The Morgan fingerprint density at radius 2 is 0.697 bits per heavy atom. The number of carbonyl (C=O) groups is 6. The summed E-state index contributed by atoms with van der Waals surface area (Å²) < 4.78 is 21.2. The van der Waals surface area contributed by atoms with Crippen LogP contribution in [0.25, 0.3) is 0 Å². The molecule has 3 N–H and O–H groups in total. The van der Waals surface area contributed by atoms with Crippen LogP contribution < -0.4 is 16.0 Å². The first-order valence-electron chi connectivity index (χ1n) is 20.7. The molecule has 0 unspecified atom stereocenters. The van der Waals surface area contributed by atoms with E-state index in [0.29, 0.717) is 0 Å². The summed E-state index contributed by atoms with van der Waals surface area (Å²) in [6, 6.07) is 33.6. The molecule has 0 radical (unpaired) electrons. The SMILES string of the molecule is COC(=O)[C@H](Cc1ccccc1)NC(=O)c1ccc(C(OC)(c2ccc(C(=O)N[C@@H](Cc3ccccc3)C(=O)OC)cn2)c2ccc(C(=O)N[C@@H](Cc3ccccc3)C(=O)OC)cn2)nc1. The predicted octanol–water partition coefficient (Wildman–Crippen LogP) is 4.35. The molecule has 0 fully saturated rings. The molecule has 3 amide bonds. The van der Waals surface area contributed by atoms with E-state index >= 15 is 0 Å². The van der Waals surface area contributed by atoms with E-state index in [1.54, 1.807) is 0 Å². The van der Waals surface area contributed by atoms with Gasteiger partial charge in [-0.1, -0.05) is 91.0 Å². The number of methoxy groups -OCH3 is 4. The maximum absolute atomic E-state index is 13.6. The molecule has 0 aliphatic rings. The van der Waals surface area contributed by atoms with Crippen molar-refractivity contribution in [3.05, 3.63) is 196 Å². The highest BCUT2D eigenvalue weighted by Gasteiger charge is 2.42. The van der Waals surface area contributed by atoms with E-state index < -0.39 is 59.4 Å². The summed E-state index contributed by atoms with van der Waals surface area (Å²) in [6.45, 7) is 0. The predicted molar refractivity (Wildman–Crippen MR) is 240 cm³/mol. The van der Waals surface area contributed by atoms with Crippen molar-refractivity contribution in [1.82, 2.24) is 30.9 Å². The first kappa shape index (κ1) is 47.4. The zero-order valence-electron chi connectivity index (χ0n) is 36.6. The van der Waals surface area contributed by atoms with Crippen LogP contribution >= 0.6 is 0 Å². The van der Waals surface area contributed by atoms with Crippen LogP contribution in [-0.4, -0.2) is 97.1 Å². The average molecular weight is 893 g/mol. The number of ether oxygens (including phenoxy) is 4. The molecule has 6 aromatic rings. The van der Waals surface area contributed by atoms with Crippen molar-refractivity contribution in [2.45, 2.75) is 43.0 Å². The Kier molecular flexibility index (Phi) is 16.1. The number of rotatable bonds is 19. The van der Waals surface area contributed by atoms with Crippen LogP contribution in [0.1, 0.15) is 64.8 Å². The summed E-state index contributed by atoms with van der Waals surface area (Å²) in [7, 11) is 5.11. The van der Waals surface area contributed by atoms with E-state index in [2.05, 4.69) is 30.9 Å². The van der Waals surface area contributed by atoms with Crippen molar-refractivity contribution >= 4 is 35.6 Å². The molecule has 0 saturated heterocycles. The fourth-order valence-corrected chi connectivity index (χ4v) is 7.20. The van der Waals surface area contributed by atoms with Gasteiger partial charge in [0.05, 0.1) is 55.1 Å². The van der Waals surface area contributed by atoms with Crippen LogP contribution in [-0.2, 0) is 58.2 Å². The van der Waals surface area contributed by atoms with E-state index in [1.807, 2.05) is 91.0 Å². The third kappa shape index (κ3) is 11.5. The Hall–Kier alpha value is -8.11. The van der Waals surface area contributed by atoms with E-state index in [1.165, 1.54) is 83.4 Å². The van der Waals surface area contributed by atoms with Gasteiger partial charge in [0.25, 0.3) is 17.7 Å². The smallest absolute Gasteiger partial charge is 0.328 e. The standard InChI is InChI=1S/C50H48N6O10/c1-63-47(60)38(26-32-14-8-5-9-15-32)54-44(57)35-20-23-41(51-29-35)50(66-4,42-24-21-36(30-52-42)45(58)55-39(48(61)64-2)27-33-16-10-6-11-17-33)43-25-22-37(31-53-43)46(59)56-40(49(62)65-3)28-34-18-12-7-13-19-34/h5-25,29-31,38-40H,26-28H2,1-4H3,(H,54,57)(H,55,58)(H,56,59)/t38-,39-,40-/m0/s1. The van der Waals surface area contributed by atoms with E-state index in [-0.39, 0.29) is 53.0 Å². The molecule has 3 heterocycles. The summed E-state index contributed by atoms with van der Waals surface area (Å²) in [6.07, 6.45) is 4.46. The highest BCUT2D eigenvalue weighted by molar-refractivity contribution is 5.98. The number of nitrogens with one attached hydrogen (secondary N) is 3. The Morgan fingerprint density at radius 3 is 0.909 bits per heavy atom. The van der Waals surface area contributed by atoms with Gasteiger partial charge in [-0.3, -0.25) is 29.3 Å². The van der Waals surface area contributed by atoms with Gasteiger partial charge in [0.15, 0.2) is 5.60 Å². The van der Waals surface area contributed by atoms with Crippen LogP contribution in [0.4, 0.5) is 0 Å². The molecule has 3 aromatic heterocycles. The topological polar surface area (TPSA) is 214 Å². The molecule has 16 nitrogen and oxygen atoms in total. The summed E-state index contributed by atoms with van der Waals surface area (Å²) in [4.78, 5) is 92.8. The molecule has 16 heteroatoms. The second-order valence-corrected chi connectivity index (χ2v) is 14.9. The summed E-state index contributed by atoms with van der Waals surface area (Å²) in [5.74, 6) is -3.68. The largest absolute Gasteiger partial charge is 0.467 e. The Balaban J connectivity index is 1.32. The zero-order valence-corrected chi connectivity index (χ0v) is 36.6. The second kappa shape index (κ2) is 22.5. The lowest BCUT2D eigenvalue weighted by molar-refractivity contribution is -0.143. The van der Waals surface area contributed by atoms with E-state index in [0.717, 1.165) is 16.7 Å². The molecule has 3 aromatic carbocycles. The molecule has 0 aliphatic carbocycles. The number of pyridine rings is 3. The molecule has 0 saturated carbocycles. The maximum Gasteiger partial charge on any atom is 0.328 e. The number of esters is 3. The quantitative estimate of drug-likeness (QED) is 0.0763. The minimum absolute atomic E-state index is 0.108. The fourth-order valence-electron chi connectivity index (χ4n) is 7.20. The molecule has 0 aliphatic heterocycles. The Bertz CT molecular complexity index is 2310. The summed E-state index contributed by atoms with van der Waals surface area (Å²) >= 11 is 0. The highest BCUT2D eigenvalue weighted by Crippen LogP contribution is 2.37. The van der Waals surface area contributed by atoms with Crippen molar-refractivity contribution in [2.75, 3.05) is 28.4 Å². The fraction of sp³-hybridized carbons (Fsp3) is 0.220. The molecule has 6 rings (SSSR count). The zero-order chi connectivity index (χ0) is 47.1. The number of hydrogen-bond acceptors (Lipinski definition) is 13. The third-order valence-electron chi connectivity index (χ3n) is 10.7. The Morgan fingerprint density at radius 1 is 0.424 bits per heavy atom. The van der Waals surface area contributed by atoms with E-state index in [9.17, 15) is 28.8 Å². The van der Waals surface area contributed by atoms with Crippen molar-refractivity contribution in [1.29, 1.82) is 0 Å². The van der Waals surface area contributed by atoms with Gasteiger partial charge in [-0.15, -0.1) is 0 Å². The lowest BCUT2D eigenvalue weighted by Gasteiger charge is -2.31. The number of amides is 3. The minimum Gasteiger partial charge on any atom is -0.467 e. The van der Waals surface area contributed by atoms with Crippen LogP contribution in [0.5, 0.6) is 0 Å². The van der Waals surface area contributed by atoms with Gasteiger partial charge in [0.2, 0.25) is 0 Å². The summed E-state index contributed by atoms with van der Waals surface area (Å²) in [5, 5.41) is 8.20. The van der Waals surface area contributed by atoms with Crippen LogP contribution in [0.3, 0.4) is 0 Å². The van der Waals surface area contributed by atoms with Gasteiger partial charge >= 0.3 is 17.9 Å². The van der Waals surface area contributed by atoms with Crippen molar-refractivity contribution in [3.8, 4) is 0 Å². The monoisotopic (exact) mass is 892 g/mol. The molecule has 3 atom stereocenters. The van der Waals surface area contributed by atoms with Gasteiger partial charge < -0.3 is 34.9 Å². The van der Waals surface area contributed by atoms with Gasteiger partial charge in [-0.2, -0.15) is 0 Å². The number of hydrogen-bond donors (Lipinski definition) is 3. The first-order valence-corrected chi connectivity index (χ1v) is 20.7. The van der Waals surface area contributed by atoms with Crippen LogP contribution in [0, 0.1) is 0 Å². The molecule has 0 spiro atoms. The molecular formula is C50H48N6O10. The molecular weight excluding hydrogens is 845 g/mol. The maximum atomic E-state index is 13.6. The lowest BCUT2D eigenvalue weighted by atomic mass is 9.88. The first-order chi connectivity index (χ1) is 32.0. The number of benzene rings is 3. The van der Waals surface area contributed by atoms with Crippen molar-refractivity contribution < 1.29 is 47.7 Å². The molecule has 338 valence electrons. The Labute approximate surface area is 381 Å². The van der Waals surface area contributed by atoms with Gasteiger partial charge in [-0.25, -0.2) is 14.4 Å². The minimum atomic E-state index is -1.72. The van der Waals surface area contributed by atoms with Crippen LogP contribution in [0.2, 0.25) is 0 Å². The summed E-state index contributed by atoms with van der Waals surface area (Å²) in [5.41, 5.74) is 1.64. The normalized spacial score (nSPS) is 12.4. The molecule has 0 bridgehead atoms. The lowest BCUT2D eigenvalue weighted by Crippen LogP contribution is -2.43. The second-order valence-electron chi connectivity index (χ2n) is 14.9. The van der Waals surface area contributed by atoms with Crippen molar-refractivity contribution in [3.63, 3.8) is 0 Å². The number of aromatic nitrogens is 3. The van der Waals surface area contributed by atoms with Gasteiger partial charge in [-0.05, 0) is 53.1 Å². The highest BCUT2D eigenvalue weighted by atomic mass is 16.5. The number of nitrogens with zero attached hydrogens (tertiary/aromatic N) is 3. The molecule has 66 heavy (non-hydrogen) atoms. The van der Waals surface area contributed by atoms with E-state index in [4.69, 9.17) is 18.9 Å². The average Bonchev–Trinajstić information content (AvgIpc) is 3.36. The third-order valence-corrected chi connectivity index (χ3v) is 10.7. The van der Waals surface area contributed by atoms with Crippen LogP contribution in [0.15, 0.2) is 146 Å². The van der Waals surface area contributed by atoms with Gasteiger partial charge in [0.1, 0.15) is 18.1 Å².